The second kappa shape index (κ2) is 3.65. The van der Waals surface area contributed by atoms with Crippen molar-refractivity contribution in [2.24, 2.45) is 0 Å². The van der Waals surface area contributed by atoms with Crippen molar-refractivity contribution in [3.63, 3.8) is 0 Å². The fourth-order valence-electron chi connectivity index (χ4n) is 1.58. The third kappa shape index (κ3) is 2.35. The number of pyridine rings is 1. The fourth-order valence-corrected chi connectivity index (χ4v) is 1.58. The van der Waals surface area contributed by atoms with Crippen LogP contribution in [0.4, 0.5) is 10.2 Å². The molecule has 2 nitrogen and oxygen atoms in total. The van der Waals surface area contributed by atoms with Crippen molar-refractivity contribution in [1.82, 2.24) is 4.98 Å². The minimum absolute atomic E-state index is 0.246. The van der Waals surface area contributed by atoms with E-state index in [2.05, 4.69) is 11.6 Å². The molecule has 0 spiro atoms. The number of hydrogen-bond acceptors (Lipinski definition) is 2. The summed E-state index contributed by atoms with van der Waals surface area (Å²) in [5.41, 5.74) is 7.34. The third-order valence-electron chi connectivity index (χ3n) is 2.22. The van der Waals surface area contributed by atoms with Gasteiger partial charge in [0.1, 0.15) is 11.6 Å². The Labute approximate surface area is 90.0 Å². The lowest BCUT2D eigenvalue weighted by molar-refractivity contribution is 0.563. The number of nitrogens with zero attached hydrogens (tertiary/aromatic N) is 1. The highest BCUT2D eigenvalue weighted by molar-refractivity contribution is 5.65. The number of nitrogen functional groups attached to an aromatic ring is 1. The summed E-state index contributed by atoms with van der Waals surface area (Å²) in [7, 11) is 0. The zero-order chi connectivity index (χ0) is 11.8. The number of aromatic nitrogens is 1. The Kier molecular flexibility index (Phi) is 2.84. The molecule has 3 heteroatoms. The smallest absolute Gasteiger partial charge is 0.125 e. The normalized spacial score (nSPS) is 11.5. The number of aryl methyl sites for hydroxylation is 1. The Balaban J connectivity index is 3.54. The van der Waals surface area contributed by atoms with Crippen molar-refractivity contribution in [3.05, 3.63) is 29.5 Å². The molecule has 0 atom stereocenters. The zero-order valence-electron chi connectivity index (χ0n) is 9.69. The molecule has 2 N–H and O–H groups in total. The van der Waals surface area contributed by atoms with Crippen LogP contribution in [0.15, 0.2) is 12.6 Å². The van der Waals surface area contributed by atoms with E-state index in [1.807, 2.05) is 27.7 Å². The largest absolute Gasteiger partial charge is 0.384 e. The first-order valence-electron chi connectivity index (χ1n) is 4.86. The first-order chi connectivity index (χ1) is 6.73. The monoisotopic (exact) mass is 208 g/mol. The molecule has 15 heavy (non-hydrogen) atoms. The molecule has 0 aromatic carbocycles. The summed E-state index contributed by atoms with van der Waals surface area (Å²) in [4.78, 5) is 4.20. The molecule has 0 amide bonds. The van der Waals surface area contributed by atoms with Gasteiger partial charge in [-0.05, 0) is 18.6 Å². The molecule has 0 fully saturated rings. The number of hydrogen-bond donors (Lipinski definition) is 1. The average molecular weight is 208 g/mol. The number of rotatable bonds is 1. The van der Waals surface area contributed by atoms with E-state index in [1.54, 1.807) is 6.07 Å². The van der Waals surface area contributed by atoms with Crippen molar-refractivity contribution in [1.29, 1.82) is 0 Å². The van der Waals surface area contributed by atoms with Gasteiger partial charge in [0.15, 0.2) is 0 Å². The molecule has 0 aliphatic heterocycles. The number of nitrogens with two attached hydrogens (primary N) is 1. The highest BCUT2D eigenvalue weighted by Crippen LogP contribution is 2.31. The first kappa shape index (κ1) is 11.7. The van der Waals surface area contributed by atoms with Gasteiger partial charge < -0.3 is 5.73 Å². The predicted octanol–water partition coefficient (Wildman–Crippen LogP) is 3.21. The van der Waals surface area contributed by atoms with Crippen LogP contribution in [0.5, 0.6) is 0 Å². The highest BCUT2D eigenvalue weighted by atomic mass is 19.1. The summed E-state index contributed by atoms with van der Waals surface area (Å²) in [6.07, 6.45) is 0. The molecule has 1 aromatic heterocycles. The van der Waals surface area contributed by atoms with Gasteiger partial charge in [-0.1, -0.05) is 27.4 Å². The minimum atomic E-state index is -0.454. The first-order valence-corrected chi connectivity index (χ1v) is 4.86. The van der Waals surface area contributed by atoms with Crippen molar-refractivity contribution < 1.29 is 4.39 Å². The average Bonchev–Trinajstić information content (AvgIpc) is 1.99. The van der Waals surface area contributed by atoms with Gasteiger partial charge in [-0.3, -0.25) is 0 Å². The third-order valence-corrected chi connectivity index (χ3v) is 2.22. The van der Waals surface area contributed by atoms with Gasteiger partial charge >= 0.3 is 0 Å². The zero-order valence-corrected chi connectivity index (χ0v) is 9.69. The summed E-state index contributed by atoms with van der Waals surface area (Å²) >= 11 is 0. The Morgan fingerprint density at radius 1 is 1.47 bits per heavy atom. The molecule has 0 saturated heterocycles. The lowest BCUT2D eigenvalue weighted by Crippen LogP contribution is -2.18. The standard InChI is InChI=1S/C12H17FN2/c1-7-6-9(14)15-11(12(3,4)5)10(7)8(2)13/h6H,2H2,1,3-5H3,(H2,14,15). The molecule has 0 aliphatic rings. The Morgan fingerprint density at radius 2 is 2.00 bits per heavy atom. The van der Waals surface area contributed by atoms with Gasteiger partial charge in [0.2, 0.25) is 0 Å². The Morgan fingerprint density at radius 3 is 2.40 bits per heavy atom. The van der Waals surface area contributed by atoms with E-state index >= 15 is 0 Å². The second-order valence-corrected chi connectivity index (χ2v) is 4.74. The molecule has 1 rings (SSSR count). The topological polar surface area (TPSA) is 38.9 Å². The van der Waals surface area contributed by atoms with Crippen LogP contribution in [0.2, 0.25) is 0 Å². The summed E-state index contributed by atoms with van der Waals surface area (Å²) in [6, 6.07) is 1.66. The van der Waals surface area contributed by atoms with Crippen LogP contribution in [0.3, 0.4) is 0 Å². The molecule has 0 radical (unpaired) electrons. The molecule has 0 bridgehead atoms. The molecule has 1 heterocycles. The quantitative estimate of drug-likeness (QED) is 0.769. The summed E-state index contributed by atoms with van der Waals surface area (Å²) in [5.74, 6) is -0.0349. The van der Waals surface area contributed by atoms with Crippen LogP contribution in [0, 0.1) is 6.92 Å². The Hall–Kier alpha value is -1.38. The second-order valence-electron chi connectivity index (χ2n) is 4.74. The maximum atomic E-state index is 13.3. The minimum Gasteiger partial charge on any atom is -0.384 e. The van der Waals surface area contributed by atoms with Crippen molar-refractivity contribution in [3.8, 4) is 0 Å². The van der Waals surface area contributed by atoms with Gasteiger partial charge in [-0.15, -0.1) is 0 Å². The highest BCUT2D eigenvalue weighted by Gasteiger charge is 2.23. The molecule has 0 unspecified atom stereocenters. The molecule has 0 saturated carbocycles. The van der Waals surface area contributed by atoms with Crippen LogP contribution in [0.1, 0.15) is 37.6 Å². The maximum Gasteiger partial charge on any atom is 0.125 e. The summed E-state index contributed by atoms with van der Waals surface area (Å²) in [5, 5.41) is 0. The van der Waals surface area contributed by atoms with E-state index in [0.717, 1.165) is 5.56 Å². The van der Waals surface area contributed by atoms with Crippen LogP contribution < -0.4 is 5.73 Å². The fraction of sp³-hybridized carbons (Fsp3) is 0.417. The molecule has 1 aromatic rings. The van der Waals surface area contributed by atoms with Crippen molar-refractivity contribution in [2.45, 2.75) is 33.1 Å². The Bertz CT molecular complexity index is 403. The molecule has 0 aliphatic carbocycles. The van der Waals surface area contributed by atoms with E-state index in [4.69, 9.17) is 5.73 Å². The lowest BCUT2D eigenvalue weighted by Gasteiger charge is -2.22. The van der Waals surface area contributed by atoms with Gasteiger partial charge in [0.25, 0.3) is 0 Å². The molecule has 82 valence electrons. The van der Waals surface area contributed by atoms with Crippen LogP contribution in [0.25, 0.3) is 5.83 Å². The number of anilines is 1. The van der Waals surface area contributed by atoms with E-state index in [-0.39, 0.29) is 5.41 Å². The van der Waals surface area contributed by atoms with Gasteiger partial charge in [0.05, 0.1) is 5.69 Å². The van der Waals surface area contributed by atoms with Gasteiger partial charge in [0, 0.05) is 11.0 Å². The van der Waals surface area contributed by atoms with E-state index < -0.39 is 5.83 Å². The van der Waals surface area contributed by atoms with Crippen molar-refractivity contribution >= 4 is 11.6 Å². The number of halogens is 1. The van der Waals surface area contributed by atoms with E-state index in [0.29, 0.717) is 17.1 Å². The van der Waals surface area contributed by atoms with E-state index in [9.17, 15) is 4.39 Å². The van der Waals surface area contributed by atoms with Gasteiger partial charge in [-0.25, -0.2) is 9.37 Å². The van der Waals surface area contributed by atoms with Crippen LogP contribution >= 0.6 is 0 Å². The molecular formula is C12H17FN2. The maximum absolute atomic E-state index is 13.3. The molecular weight excluding hydrogens is 191 g/mol. The van der Waals surface area contributed by atoms with Crippen LogP contribution in [-0.2, 0) is 5.41 Å². The van der Waals surface area contributed by atoms with Gasteiger partial charge in [-0.2, -0.15) is 0 Å². The lowest BCUT2D eigenvalue weighted by atomic mass is 9.86. The SMILES string of the molecule is C=C(F)c1c(C)cc(N)nc1C(C)(C)C. The summed E-state index contributed by atoms with van der Waals surface area (Å²) in [6.45, 7) is 11.1. The predicted molar refractivity (Wildman–Crippen MR) is 62.2 cm³/mol. The van der Waals surface area contributed by atoms with E-state index in [1.165, 1.54) is 0 Å². The summed E-state index contributed by atoms with van der Waals surface area (Å²) < 4.78 is 13.3. The van der Waals surface area contributed by atoms with Crippen molar-refractivity contribution in [2.75, 3.05) is 5.73 Å². The van der Waals surface area contributed by atoms with Crippen LogP contribution in [-0.4, -0.2) is 4.98 Å².